The standard InChI is InChI=1S/C19H20BrFN2O3/c1-12(13-3-5-14(21)6-4-13)23(2)11-19(24)22-16-10-18-17(9-15(16)20)25-7-8-26-18/h3-6,9-10,12H,7-8,11H2,1-2H3,(H,22,24). The van der Waals surface area contributed by atoms with Gasteiger partial charge in [-0.3, -0.25) is 9.69 Å². The first-order valence-corrected chi connectivity index (χ1v) is 9.08. The molecule has 1 heterocycles. The first-order valence-electron chi connectivity index (χ1n) is 8.28. The van der Waals surface area contributed by atoms with Crippen LogP contribution < -0.4 is 14.8 Å². The van der Waals surface area contributed by atoms with Crippen LogP contribution in [0.5, 0.6) is 11.5 Å². The van der Waals surface area contributed by atoms with Gasteiger partial charge in [-0.25, -0.2) is 4.39 Å². The SMILES string of the molecule is CC(c1ccc(F)cc1)N(C)CC(=O)Nc1cc2c(cc1Br)OCCO2. The van der Waals surface area contributed by atoms with Crippen LogP contribution in [0.25, 0.3) is 0 Å². The van der Waals surface area contributed by atoms with E-state index in [0.29, 0.717) is 30.4 Å². The zero-order chi connectivity index (χ0) is 18.7. The number of anilines is 1. The number of carbonyl (C=O) groups excluding carboxylic acids is 1. The molecule has 26 heavy (non-hydrogen) atoms. The number of amides is 1. The summed E-state index contributed by atoms with van der Waals surface area (Å²) in [5, 5.41) is 2.88. The third kappa shape index (κ3) is 4.34. The normalized spacial score (nSPS) is 14.2. The van der Waals surface area contributed by atoms with E-state index in [2.05, 4.69) is 21.2 Å². The third-order valence-electron chi connectivity index (χ3n) is 4.31. The van der Waals surface area contributed by atoms with Gasteiger partial charge in [0.25, 0.3) is 0 Å². The summed E-state index contributed by atoms with van der Waals surface area (Å²) in [6.45, 7) is 3.16. The van der Waals surface area contributed by atoms with Gasteiger partial charge >= 0.3 is 0 Å². The highest BCUT2D eigenvalue weighted by molar-refractivity contribution is 9.10. The molecule has 0 saturated heterocycles. The molecule has 0 fully saturated rings. The molecule has 0 aromatic heterocycles. The molecule has 138 valence electrons. The lowest BCUT2D eigenvalue weighted by atomic mass is 10.1. The quantitative estimate of drug-likeness (QED) is 0.791. The summed E-state index contributed by atoms with van der Waals surface area (Å²) >= 11 is 3.44. The van der Waals surface area contributed by atoms with Crippen LogP contribution in [0.15, 0.2) is 40.9 Å². The van der Waals surface area contributed by atoms with E-state index in [1.54, 1.807) is 24.3 Å². The molecule has 0 bridgehead atoms. The second-order valence-corrected chi connectivity index (χ2v) is 7.02. The van der Waals surface area contributed by atoms with E-state index >= 15 is 0 Å². The van der Waals surface area contributed by atoms with Crippen molar-refractivity contribution in [1.82, 2.24) is 4.90 Å². The van der Waals surface area contributed by atoms with Crippen LogP contribution in [0.4, 0.5) is 10.1 Å². The smallest absolute Gasteiger partial charge is 0.238 e. The summed E-state index contributed by atoms with van der Waals surface area (Å²) in [6, 6.07) is 9.81. The van der Waals surface area contributed by atoms with Gasteiger partial charge in [0.05, 0.1) is 12.2 Å². The number of ether oxygens (including phenoxy) is 2. The molecule has 2 aromatic rings. The van der Waals surface area contributed by atoms with Crippen molar-refractivity contribution < 1.29 is 18.7 Å². The Morgan fingerprint density at radius 1 is 1.23 bits per heavy atom. The summed E-state index contributed by atoms with van der Waals surface area (Å²) in [5.41, 5.74) is 1.57. The molecule has 2 aromatic carbocycles. The van der Waals surface area contributed by atoms with Crippen molar-refractivity contribution in [3.8, 4) is 11.5 Å². The van der Waals surface area contributed by atoms with E-state index in [0.717, 1.165) is 10.0 Å². The number of rotatable bonds is 5. The van der Waals surface area contributed by atoms with Crippen LogP contribution in [0.3, 0.4) is 0 Å². The first-order chi connectivity index (χ1) is 12.4. The largest absolute Gasteiger partial charge is 0.486 e. The van der Waals surface area contributed by atoms with E-state index in [-0.39, 0.29) is 24.3 Å². The monoisotopic (exact) mass is 422 g/mol. The van der Waals surface area contributed by atoms with Crippen LogP contribution >= 0.6 is 15.9 Å². The number of carbonyl (C=O) groups is 1. The molecule has 0 spiro atoms. The number of fused-ring (bicyclic) bond motifs is 1. The van der Waals surface area contributed by atoms with Crippen LogP contribution in [0, 0.1) is 5.82 Å². The molecule has 1 amide bonds. The first kappa shape index (κ1) is 18.7. The van der Waals surface area contributed by atoms with Crippen molar-refractivity contribution in [2.24, 2.45) is 0 Å². The fourth-order valence-corrected chi connectivity index (χ4v) is 3.13. The van der Waals surface area contributed by atoms with Crippen molar-refractivity contribution in [3.05, 3.63) is 52.3 Å². The Bertz CT molecular complexity index is 798. The molecule has 3 rings (SSSR count). The van der Waals surface area contributed by atoms with Gasteiger partial charge in [-0.05, 0) is 47.6 Å². The number of halogens is 2. The minimum atomic E-state index is -0.273. The van der Waals surface area contributed by atoms with Crippen molar-refractivity contribution in [3.63, 3.8) is 0 Å². The molecule has 1 aliphatic rings. The van der Waals surface area contributed by atoms with Crippen LogP contribution in [0.1, 0.15) is 18.5 Å². The predicted octanol–water partition coefficient (Wildman–Crippen LogP) is 3.99. The van der Waals surface area contributed by atoms with Crippen molar-refractivity contribution in [2.75, 3.05) is 32.1 Å². The third-order valence-corrected chi connectivity index (χ3v) is 4.97. The molecule has 5 nitrogen and oxygen atoms in total. The number of likely N-dealkylation sites (N-methyl/N-ethyl adjacent to an activating group) is 1. The Hall–Kier alpha value is -2.12. The van der Waals surface area contributed by atoms with E-state index in [9.17, 15) is 9.18 Å². The number of benzene rings is 2. The van der Waals surface area contributed by atoms with Crippen LogP contribution in [-0.2, 0) is 4.79 Å². The summed E-state index contributed by atoms with van der Waals surface area (Å²) in [7, 11) is 1.85. The van der Waals surface area contributed by atoms with Crippen molar-refractivity contribution in [2.45, 2.75) is 13.0 Å². The summed E-state index contributed by atoms with van der Waals surface area (Å²) < 4.78 is 24.9. The minimum absolute atomic E-state index is 0.0231. The van der Waals surface area contributed by atoms with Crippen LogP contribution in [-0.4, -0.2) is 37.6 Å². The zero-order valence-electron chi connectivity index (χ0n) is 14.6. The molecular formula is C19H20BrFN2O3. The lowest BCUT2D eigenvalue weighted by Crippen LogP contribution is -2.32. The highest BCUT2D eigenvalue weighted by atomic mass is 79.9. The number of hydrogen-bond donors (Lipinski definition) is 1. The number of nitrogens with one attached hydrogen (secondary N) is 1. The van der Waals surface area contributed by atoms with Gasteiger partial charge < -0.3 is 14.8 Å². The summed E-state index contributed by atoms with van der Waals surface area (Å²) in [5.74, 6) is 0.842. The highest BCUT2D eigenvalue weighted by Crippen LogP contribution is 2.38. The maximum Gasteiger partial charge on any atom is 0.238 e. The van der Waals surface area contributed by atoms with Gasteiger partial charge in [0, 0.05) is 22.6 Å². The Kier molecular flexibility index (Phi) is 5.78. The number of hydrogen-bond acceptors (Lipinski definition) is 4. The van der Waals surface area contributed by atoms with E-state index in [1.165, 1.54) is 12.1 Å². The summed E-state index contributed by atoms with van der Waals surface area (Å²) in [6.07, 6.45) is 0. The second kappa shape index (κ2) is 8.05. The summed E-state index contributed by atoms with van der Waals surface area (Å²) in [4.78, 5) is 14.3. The molecule has 0 radical (unpaired) electrons. The van der Waals surface area contributed by atoms with Gasteiger partial charge in [-0.1, -0.05) is 12.1 Å². The van der Waals surface area contributed by atoms with E-state index < -0.39 is 0 Å². The fourth-order valence-electron chi connectivity index (χ4n) is 2.71. The molecule has 0 saturated carbocycles. The second-order valence-electron chi connectivity index (χ2n) is 6.17. The maximum atomic E-state index is 13.1. The van der Waals surface area contributed by atoms with Gasteiger partial charge in [-0.15, -0.1) is 0 Å². The lowest BCUT2D eigenvalue weighted by Gasteiger charge is -2.25. The van der Waals surface area contributed by atoms with Crippen molar-refractivity contribution >= 4 is 27.5 Å². The average Bonchev–Trinajstić information content (AvgIpc) is 2.62. The maximum absolute atomic E-state index is 13.1. The van der Waals surface area contributed by atoms with E-state index in [1.807, 2.05) is 18.9 Å². The molecular weight excluding hydrogens is 403 g/mol. The van der Waals surface area contributed by atoms with Gasteiger partial charge in [0.15, 0.2) is 11.5 Å². The molecule has 1 atom stereocenters. The fraction of sp³-hybridized carbons (Fsp3) is 0.316. The molecule has 7 heteroatoms. The predicted molar refractivity (Wildman–Crippen MR) is 101 cm³/mol. The van der Waals surface area contributed by atoms with E-state index in [4.69, 9.17) is 9.47 Å². The molecule has 0 aliphatic carbocycles. The van der Waals surface area contributed by atoms with Gasteiger partial charge in [0.2, 0.25) is 5.91 Å². The molecule has 1 aliphatic heterocycles. The Balaban J connectivity index is 1.64. The average molecular weight is 423 g/mol. The Morgan fingerprint density at radius 2 is 1.85 bits per heavy atom. The Labute approximate surface area is 160 Å². The molecule has 1 N–H and O–H groups in total. The minimum Gasteiger partial charge on any atom is -0.486 e. The topological polar surface area (TPSA) is 50.8 Å². The Morgan fingerprint density at radius 3 is 2.50 bits per heavy atom. The highest BCUT2D eigenvalue weighted by Gasteiger charge is 2.18. The molecule has 1 unspecified atom stereocenters. The van der Waals surface area contributed by atoms with Gasteiger partial charge in [0.1, 0.15) is 19.0 Å². The zero-order valence-corrected chi connectivity index (χ0v) is 16.2. The lowest BCUT2D eigenvalue weighted by molar-refractivity contribution is -0.117. The van der Waals surface area contributed by atoms with Crippen LogP contribution in [0.2, 0.25) is 0 Å². The van der Waals surface area contributed by atoms with Gasteiger partial charge in [-0.2, -0.15) is 0 Å². The number of nitrogens with zero attached hydrogens (tertiary/aromatic N) is 1. The van der Waals surface area contributed by atoms with Crippen molar-refractivity contribution in [1.29, 1.82) is 0 Å².